The molecule has 0 amide bonds. The third-order valence-electron chi connectivity index (χ3n) is 3.31. The van der Waals surface area contributed by atoms with Crippen molar-refractivity contribution in [3.63, 3.8) is 0 Å². The van der Waals surface area contributed by atoms with E-state index in [1.54, 1.807) is 24.3 Å². The number of anilines is 2. The number of benzene rings is 1. The fourth-order valence-corrected chi connectivity index (χ4v) is 2.96. The van der Waals surface area contributed by atoms with E-state index >= 15 is 0 Å². The topological polar surface area (TPSA) is 79.8 Å². The van der Waals surface area contributed by atoms with Crippen LogP contribution in [-0.2, 0) is 23.1 Å². The minimum Gasteiger partial charge on any atom is -0.468 e. The number of nitrogen functional groups attached to an aromatic ring is 1. The third kappa shape index (κ3) is 4.02. The summed E-state index contributed by atoms with van der Waals surface area (Å²) in [5.74, 6) is 0.598. The second-order valence-corrected chi connectivity index (χ2v) is 7.38. The highest BCUT2D eigenvalue weighted by Gasteiger charge is 2.20. The van der Waals surface area contributed by atoms with Crippen molar-refractivity contribution in [2.45, 2.75) is 13.1 Å². The molecule has 7 heteroatoms. The van der Waals surface area contributed by atoms with Crippen LogP contribution in [-0.4, -0.2) is 33.1 Å². The van der Waals surface area contributed by atoms with Crippen molar-refractivity contribution < 1.29 is 12.8 Å². The number of rotatable bonds is 6. The fourth-order valence-electron chi connectivity index (χ4n) is 2.23. The average Bonchev–Trinajstić information content (AvgIpc) is 2.89. The van der Waals surface area contributed by atoms with Crippen LogP contribution in [0, 0.1) is 0 Å². The average molecular weight is 323 g/mol. The summed E-state index contributed by atoms with van der Waals surface area (Å²) in [4.78, 5) is 1.93. The Morgan fingerprint density at radius 3 is 2.45 bits per heavy atom. The van der Waals surface area contributed by atoms with Crippen LogP contribution in [0.3, 0.4) is 0 Å². The summed E-state index contributed by atoms with van der Waals surface area (Å²) in [6.07, 6.45) is 2.72. The van der Waals surface area contributed by atoms with Crippen molar-refractivity contribution in [1.29, 1.82) is 0 Å². The van der Waals surface area contributed by atoms with E-state index in [-0.39, 0.29) is 13.1 Å². The van der Waals surface area contributed by atoms with Gasteiger partial charge in [-0.2, -0.15) is 4.31 Å². The number of hydrogen-bond acceptors (Lipinski definition) is 5. The lowest BCUT2D eigenvalue weighted by Crippen LogP contribution is -2.29. The molecule has 0 aliphatic carbocycles. The van der Waals surface area contributed by atoms with Gasteiger partial charge in [-0.25, -0.2) is 8.42 Å². The van der Waals surface area contributed by atoms with E-state index in [1.165, 1.54) is 16.8 Å². The Kier molecular flexibility index (Phi) is 4.77. The Balaban J connectivity index is 2.33. The molecule has 0 spiro atoms. The van der Waals surface area contributed by atoms with Crippen molar-refractivity contribution in [2.24, 2.45) is 0 Å². The van der Waals surface area contributed by atoms with Gasteiger partial charge < -0.3 is 15.1 Å². The number of sulfonamides is 1. The van der Waals surface area contributed by atoms with Crippen LogP contribution in [0.2, 0.25) is 0 Å². The highest BCUT2D eigenvalue weighted by Crippen LogP contribution is 2.24. The third-order valence-corrected chi connectivity index (χ3v) is 4.51. The Hall–Kier alpha value is -1.99. The molecule has 1 aromatic carbocycles. The molecule has 0 fully saturated rings. The molecule has 1 heterocycles. The molecule has 2 N–H and O–H groups in total. The maximum absolute atomic E-state index is 12.1. The largest absolute Gasteiger partial charge is 0.468 e. The molecule has 0 radical (unpaired) electrons. The SMILES string of the molecule is CN(C)c1ccc(N)cc1CN(Cc1ccco1)S(C)(=O)=O. The van der Waals surface area contributed by atoms with Crippen molar-refractivity contribution in [2.75, 3.05) is 31.0 Å². The zero-order valence-corrected chi connectivity index (χ0v) is 13.8. The number of nitrogens with zero attached hydrogens (tertiary/aromatic N) is 2. The molecule has 0 atom stereocenters. The maximum atomic E-state index is 12.1. The van der Waals surface area contributed by atoms with E-state index in [1.807, 2.05) is 25.1 Å². The minimum atomic E-state index is -3.38. The quantitative estimate of drug-likeness (QED) is 0.821. The van der Waals surface area contributed by atoms with Gasteiger partial charge >= 0.3 is 0 Å². The predicted molar refractivity (Wildman–Crippen MR) is 88.0 cm³/mol. The lowest BCUT2D eigenvalue weighted by atomic mass is 10.1. The van der Waals surface area contributed by atoms with Gasteiger partial charge in [0.1, 0.15) is 5.76 Å². The van der Waals surface area contributed by atoms with Gasteiger partial charge in [-0.05, 0) is 35.9 Å². The zero-order valence-electron chi connectivity index (χ0n) is 13.0. The maximum Gasteiger partial charge on any atom is 0.211 e. The van der Waals surface area contributed by atoms with Gasteiger partial charge in [0.05, 0.1) is 19.1 Å². The molecule has 0 saturated heterocycles. The van der Waals surface area contributed by atoms with Crippen LogP contribution in [0.5, 0.6) is 0 Å². The summed E-state index contributed by atoms with van der Waals surface area (Å²) >= 11 is 0. The van der Waals surface area contributed by atoms with Gasteiger partial charge in [0.25, 0.3) is 0 Å². The van der Waals surface area contributed by atoms with Crippen LogP contribution in [0.25, 0.3) is 0 Å². The van der Waals surface area contributed by atoms with Gasteiger partial charge in [-0.15, -0.1) is 0 Å². The molecule has 0 aliphatic rings. The Labute approximate surface area is 131 Å². The highest BCUT2D eigenvalue weighted by atomic mass is 32.2. The van der Waals surface area contributed by atoms with Crippen molar-refractivity contribution in [1.82, 2.24) is 4.31 Å². The van der Waals surface area contributed by atoms with Crippen LogP contribution >= 0.6 is 0 Å². The lowest BCUT2D eigenvalue weighted by molar-refractivity contribution is 0.361. The number of hydrogen-bond donors (Lipinski definition) is 1. The van der Waals surface area contributed by atoms with E-state index in [4.69, 9.17) is 10.2 Å². The molecule has 6 nitrogen and oxygen atoms in total. The smallest absolute Gasteiger partial charge is 0.211 e. The zero-order chi connectivity index (χ0) is 16.3. The molecule has 22 heavy (non-hydrogen) atoms. The summed E-state index contributed by atoms with van der Waals surface area (Å²) < 4.78 is 30.8. The molecule has 120 valence electrons. The van der Waals surface area contributed by atoms with E-state index < -0.39 is 10.0 Å². The van der Waals surface area contributed by atoms with E-state index in [0.29, 0.717) is 11.4 Å². The van der Waals surface area contributed by atoms with Crippen LogP contribution in [0.15, 0.2) is 41.0 Å². The Morgan fingerprint density at radius 2 is 1.91 bits per heavy atom. The minimum absolute atomic E-state index is 0.188. The number of nitrogens with two attached hydrogens (primary N) is 1. The molecule has 0 unspecified atom stereocenters. The number of furan rings is 1. The van der Waals surface area contributed by atoms with Gasteiger partial charge in [0.2, 0.25) is 10.0 Å². The van der Waals surface area contributed by atoms with E-state index in [9.17, 15) is 8.42 Å². The monoisotopic (exact) mass is 323 g/mol. The second kappa shape index (κ2) is 6.41. The van der Waals surface area contributed by atoms with Crippen LogP contribution < -0.4 is 10.6 Å². The molecule has 0 bridgehead atoms. The molecule has 2 rings (SSSR count). The first-order valence-electron chi connectivity index (χ1n) is 6.80. The summed E-state index contributed by atoms with van der Waals surface area (Å²) in [7, 11) is 0.438. The highest BCUT2D eigenvalue weighted by molar-refractivity contribution is 7.88. The Morgan fingerprint density at radius 1 is 1.18 bits per heavy atom. The second-order valence-electron chi connectivity index (χ2n) is 5.39. The molecule has 0 aliphatic heterocycles. The van der Waals surface area contributed by atoms with Gasteiger partial charge in [0.15, 0.2) is 0 Å². The first kappa shape index (κ1) is 16.4. The standard InChI is InChI=1S/C15H21N3O3S/c1-17(2)15-7-6-13(16)9-12(15)10-18(22(3,19)20)11-14-5-4-8-21-14/h4-9H,10-11,16H2,1-3H3. The predicted octanol–water partition coefficient (Wildman–Crippen LogP) is 1.89. The summed E-state index contributed by atoms with van der Waals surface area (Å²) in [6, 6.07) is 8.98. The van der Waals surface area contributed by atoms with Crippen molar-refractivity contribution in [3.05, 3.63) is 47.9 Å². The van der Waals surface area contributed by atoms with E-state index in [2.05, 4.69) is 0 Å². The fraction of sp³-hybridized carbons (Fsp3) is 0.333. The molecular formula is C15H21N3O3S. The molecular weight excluding hydrogens is 302 g/mol. The normalized spacial score (nSPS) is 11.8. The van der Waals surface area contributed by atoms with E-state index in [0.717, 1.165) is 11.3 Å². The summed E-state index contributed by atoms with van der Waals surface area (Å²) in [5.41, 5.74) is 8.23. The first-order valence-corrected chi connectivity index (χ1v) is 8.65. The molecule has 0 saturated carbocycles. The molecule has 2 aromatic rings. The first-order chi connectivity index (χ1) is 10.3. The Bertz CT molecular complexity index is 724. The van der Waals surface area contributed by atoms with Gasteiger partial charge in [-0.3, -0.25) is 0 Å². The lowest BCUT2D eigenvalue weighted by Gasteiger charge is -2.23. The summed E-state index contributed by atoms with van der Waals surface area (Å²) in [5, 5.41) is 0. The van der Waals surface area contributed by atoms with Gasteiger partial charge in [0, 0.05) is 32.0 Å². The van der Waals surface area contributed by atoms with Crippen molar-refractivity contribution in [3.8, 4) is 0 Å². The van der Waals surface area contributed by atoms with Crippen LogP contribution in [0.1, 0.15) is 11.3 Å². The molecule has 1 aromatic heterocycles. The van der Waals surface area contributed by atoms with Crippen LogP contribution in [0.4, 0.5) is 11.4 Å². The van der Waals surface area contributed by atoms with Gasteiger partial charge in [-0.1, -0.05) is 0 Å². The van der Waals surface area contributed by atoms with Crippen molar-refractivity contribution >= 4 is 21.4 Å². The summed E-state index contributed by atoms with van der Waals surface area (Å²) in [6.45, 7) is 0.422.